The van der Waals surface area contributed by atoms with Gasteiger partial charge in [0.15, 0.2) is 0 Å². The molecule has 0 aliphatic carbocycles. The van der Waals surface area contributed by atoms with E-state index in [0.717, 1.165) is 5.56 Å². The summed E-state index contributed by atoms with van der Waals surface area (Å²) in [6, 6.07) is 3.77. The summed E-state index contributed by atoms with van der Waals surface area (Å²) in [6.45, 7) is 3.14. The van der Waals surface area contributed by atoms with E-state index in [1.165, 1.54) is 0 Å². The standard InChI is InChI=1S/C11H15N3OS/c1-2-14(11(15)7-10(12)16)8-9-3-5-13-6-4-9/h3-6H,2,7-8H2,1H3,(H2,12,16). The second-order valence-corrected chi connectivity index (χ2v) is 3.93. The Balaban J connectivity index is 2.62. The summed E-state index contributed by atoms with van der Waals surface area (Å²) < 4.78 is 0. The molecule has 0 unspecified atom stereocenters. The summed E-state index contributed by atoms with van der Waals surface area (Å²) in [6.07, 6.45) is 3.55. The molecule has 0 spiro atoms. The van der Waals surface area contributed by atoms with Gasteiger partial charge in [0.2, 0.25) is 5.91 Å². The Morgan fingerprint density at radius 1 is 1.50 bits per heavy atom. The SMILES string of the molecule is CCN(Cc1ccncc1)C(=O)CC(N)=S. The van der Waals surface area contributed by atoms with E-state index in [-0.39, 0.29) is 17.3 Å². The summed E-state index contributed by atoms with van der Waals surface area (Å²) in [7, 11) is 0. The minimum Gasteiger partial charge on any atom is -0.393 e. The van der Waals surface area contributed by atoms with Gasteiger partial charge in [-0.15, -0.1) is 0 Å². The van der Waals surface area contributed by atoms with Gasteiger partial charge in [-0.25, -0.2) is 0 Å². The highest BCUT2D eigenvalue weighted by Crippen LogP contribution is 2.04. The number of carbonyl (C=O) groups is 1. The molecule has 0 atom stereocenters. The fourth-order valence-corrected chi connectivity index (χ4v) is 1.47. The lowest BCUT2D eigenvalue weighted by Gasteiger charge is -2.20. The maximum atomic E-state index is 11.7. The quantitative estimate of drug-likeness (QED) is 0.779. The second-order valence-electron chi connectivity index (χ2n) is 3.41. The number of rotatable bonds is 5. The molecule has 5 heteroatoms. The molecule has 0 radical (unpaired) electrons. The second kappa shape index (κ2) is 6.17. The molecule has 0 saturated heterocycles. The Kier molecular flexibility index (Phi) is 4.85. The van der Waals surface area contributed by atoms with Crippen molar-refractivity contribution >= 4 is 23.1 Å². The first-order valence-corrected chi connectivity index (χ1v) is 5.49. The van der Waals surface area contributed by atoms with Gasteiger partial charge in [-0.2, -0.15) is 0 Å². The van der Waals surface area contributed by atoms with Crippen molar-refractivity contribution in [2.24, 2.45) is 5.73 Å². The first kappa shape index (κ1) is 12.6. The number of nitrogens with two attached hydrogens (primary N) is 1. The number of nitrogens with zero attached hydrogens (tertiary/aromatic N) is 2. The van der Waals surface area contributed by atoms with Crippen LogP contribution in [-0.2, 0) is 11.3 Å². The molecule has 0 aliphatic heterocycles. The Bertz CT molecular complexity index is 367. The molecule has 0 aliphatic rings. The zero-order chi connectivity index (χ0) is 12.0. The molecule has 1 aromatic rings. The smallest absolute Gasteiger partial charge is 0.229 e. The van der Waals surface area contributed by atoms with Gasteiger partial charge in [0.25, 0.3) is 0 Å². The van der Waals surface area contributed by atoms with Crippen molar-refractivity contribution in [2.45, 2.75) is 19.9 Å². The van der Waals surface area contributed by atoms with Crippen LogP contribution in [0.15, 0.2) is 24.5 Å². The normalized spacial score (nSPS) is 9.81. The van der Waals surface area contributed by atoms with Crippen LogP contribution in [0.25, 0.3) is 0 Å². The van der Waals surface area contributed by atoms with Crippen LogP contribution in [-0.4, -0.2) is 27.3 Å². The molecule has 1 rings (SSSR count). The van der Waals surface area contributed by atoms with Crippen molar-refractivity contribution in [3.8, 4) is 0 Å². The molecule has 1 heterocycles. The zero-order valence-electron chi connectivity index (χ0n) is 9.22. The molecular weight excluding hydrogens is 222 g/mol. The number of hydrogen-bond acceptors (Lipinski definition) is 3. The Morgan fingerprint density at radius 3 is 2.62 bits per heavy atom. The molecule has 1 aromatic heterocycles. The van der Waals surface area contributed by atoms with Gasteiger partial charge in [-0.1, -0.05) is 12.2 Å². The first-order chi connectivity index (χ1) is 7.63. The summed E-state index contributed by atoms with van der Waals surface area (Å²) in [5.41, 5.74) is 6.40. The van der Waals surface area contributed by atoms with Crippen LogP contribution in [0, 0.1) is 0 Å². The number of thiocarbonyl (C=S) groups is 1. The lowest BCUT2D eigenvalue weighted by atomic mass is 10.2. The summed E-state index contributed by atoms with van der Waals surface area (Å²) >= 11 is 4.72. The Hall–Kier alpha value is -1.49. The molecule has 0 bridgehead atoms. The van der Waals surface area contributed by atoms with Crippen LogP contribution in [0.3, 0.4) is 0 Å². The molecule has 86 valence electrons. The van der Waals surface area contributed by atoms with Crippen LogP contribution in [0.4, 0.5) is 0 Å². The predicted octanol–water partition coefficient (Wildman–Crippen LogP) is 1.11. The van der Waals surface area contributed by atoms with Gasteiger partial charge in [0.05, 0.1) is 11.4 Å². The Morgan fingerprint density at radius 2 is 2.12 bits per heavy atom. The van der Waals surface area contributed by atoms with E-state index in [9.17, 15) is 4.79 Å². The van der Waals surface area contributed by atoms with Gasteiger partial charge in [-0.05, 0) is 24.6 Å². The summed E-state index contributed by atoms with van der Waals surface area (Å²) in [5, 5.41) is 0. The zero-order valence-corrected chi connectivity index (χ0v) is 10.0. The molecule has 1 amide bonds. The fraction of sp³-hybridized carbons (Fsp3) is 0.364. The third-order valence-electron chi connectivity index (χ3n) is 2.18. The van der Waals surface area contributed by atoms with Crippen LogP contribution in [0.1, 0.15) is 18.9 Å². The van der Waals surface area contributed by atoms with Gasteiger partial charge in [-0.3, -0.25) is 9.78 Å². The number of aromatic nitrogens is 1. The maximum absolute atomic E-state index is 11.7. The Labute approximate surface area is 100 Å². The predicted molar refractivity (Wildman–Crippen MR) is 66.7 cm³/mol. The number of hydrogen-bond donors (Lipinski definition) is 1. The lowest BCUT2D eigenvalue weighted by molar-refractivity contribution is -0.130. The third kappa shape index (κ3) is 3.94. The first-order valence-electron chi connectivity index (χ1n) is 5.08. The van der Waals surface area contributed by atoms with Gasteiger partial charge >= 0.3 is 0 Å². The topological polar surface area (TPSA) is 59.2 Å². The van der Waals surface area contributed by atoms with Gasteiger partial charge in [0, 0.05) is 25.5 Å². The van der Waals surface area contributed by atoms with E-state index < -0.39 is 0 Å². The van der Waals surface area contributed by atoms with Crippen LogP contribution in [0.2, 0.25) is 0 Å². The minimum absolute atomic E-state index is 0.0354. The van der Waals surface area contributed by atoms with Crippen molar-refractivity contribution < 1.29 is 4.79 Å². The summed E-state index contributed by atoms with van der Waals surface area (Å²) in [5.74, 6) is -0.0354. The molecule has 0 saturated carbocycles. The van der Waals surface area contributed by atoms with E-state index in [4.69, 9.17) is 18.0 Å². The number of amides is 1. The molecule has 0 fully saturated rings. The number of carbonyl (C=O) groups excluding carboxylic acids is 1. The molecule has 4 nitrogen and oxygen atoms in total. The number of pyridine rings is 1. The average Bonchev–Trinajstić information content (AvgIpc) is 2.26. The van der Waals surface area contributed by atoms with Crippen molar-refractivity contribution in [2.75, 3.05) is 6.54 Å². The monoisotopic (exact) mass is 237 g/mol. The van der Waals surface area contributed by atoms with Crippen molar-refractivity contribution in [1.29, 1.82) is 0 Å². The van der Waals surface area contributed by atoms with E-state index in [1.54, 1.807) is 17.3 Å². The van der Waals surface area contributed by atoms with Crippen LogP contribution in [0.5, 0.6) is 0 Å². The largest absolute Gasteiger partial charge is 0.393 e. The molecule has 2 N–H and O–H groups in total. The summed E-state index contributed by atoms with van der Waals surface area (Å²) in [4.78, 5) is 17.6. The van der Waals surface area contributed by atoms with Gasteiger partial charge in [0.1, 0.15) is 0 Å². The van der Waals surface area contributed by atoms with Crippen molar-refractivity contribution in [3.05, 3.63) is 30.1 Å². The highest BCUT2D eigenvalue weighted by Gasteiger charge is 2.12. The van der Waals surface area contributed by atoms with Crippen molar-refractivity contribution in [1.82, 2.24) is 9.88 Å². The highest BCUT2D eigenvalue weighted by molar-refractivity contribution is 7.80. The fourth-order valence-electron chi connectivity index (χ4n) is 1.35. The minimum atomic E-state index is -0.0354. The van der Waals surface area contributed by atoms with E-state index in [1.807, 2.05) is 19.1 Å². The van der Waals surface area contributed by atoms with Crippen LogP contribution < -0.4 is 5.73 Å². The molecular formula is C11H15N3OS. The average molecular weight is 237 g/mol. The molecule has 16 heavy (non-hydrogen) atoms. The lowest BCUT2D eigenvalue weighted by Crippen LogP contribution is -2.32. The highest BCUT2D eigenvalue weighted by atomic mass is 32.1. The van der Waals surface area contributed by atoms with Gasteiger partial charge < -0.3 is 10.6 Å². The van der Waals surface area contributed by atoms with E-state index >= 15 is 0 Å². The molecule has 0 aromatic carbocycles. The van der Waals surface area contributed by atoms with Crippen molar-refractivity contribution in [3.63, 3.8) is 0 Å². The third-order valence-corrected chi connectivity index (χ3v) is 2.33. The van der Waals surface area contributed by atoms with E-state index in [0.29, 0.717) is 13.1 Å². The maximum Gasteiger partial charge on any atom is 0.229 e. The van der Waals surface area contributed by atoms with E-state index in [2.05, 4.69) is 4.98 Å². The van der Waals surface area contributed by atoms with Crippen LogP contribution >= 0.6 is 12.2 Å².